The molecular formula is C21H25N2O3S2+. The summed E-state index contributed by atoms with van der Waals surface area (Å²) in [7, 11) is 3.22. The summed E-state index contributed by atoms with van der Waals surface area (Å²) < 4.78 is 10.6. The van der Waals surface area contributed by atoms with E-state index in [1.807, 2.05) is 18.2 Å². The minimum absolute atomic E-state index is 0.0397. The van der Waals surface area contributed by atoms with Crippen molar-refractivity contribution in [2.45, 2.75) is 19.6 Å². The van der Waals surface area contributed by atoms with Crippen LogP contribution in [0.1, 0.15) is 15.3 Å². The maximum atomic E-state index is 12.6. The van der Waals surface area contributed by atoms with Crippen LogP contribution < -0.4 is 19.7 Å². The Kier molecular flexibility index (Phi) is 7.47. The van der Waals surface area contributed by atoms with Crippen LogP contribution in [0.2, 0.25) is 0 Å². The van der Waals surface area contributed by atoms with Crippen molar-refractivity contribution >= 4 is 28.6 Å². The predicted octanol–water partition coefficient (Wildman–Crippen LogP) is 2.73. The molecule has 2 heterocycles. The Morgan fingerprint density at radius 1 is 0.964 bits per heavy atom. The highest BCUT2D eigenvalue weighted by molar-refractivity contribution is 7.10. The topological polar surface area (TPSA) is 52.0 Å². The summed E-state index contributed by atoms with van der Waals surface area (Å²) in [4.78, 5) is 16.4. The number of carbonyl (C=O) groups excluding carboxylic acids is 1. The number of benzene rings is 1. The summed E-state index contributed by atoms with van der Waals surface area (Å²) in [6.45, 7) is 2.59. The van der Waals surface area contributed by atoms with Gasteiger partial charge in [-0.3, -0.25) is 4.79 Å². The van der Waals surface area contributed by atoms with Gasteiger partial charge in [0.15, 0.2) is 18.0 Å². The first-order chi connectivity index (χ1) is 13.7. The standard InChI is InChI=1S/C21H24N2O3S2/c1-25-19-8-7-16(11-20(19)26-2)12-22-21(24)15-23(13-17-5-3-9-27-17)14-18-6-4-10-28-18/h3-11H,12-15H2,1-2H3,(H,22,24)/p+1. The molecule has 0 spiro atoms. The molecule has 1 amide bonds. The van der Waals surface area contributed by atoms with E-state index in [4.69, 9.17) is 9.47 Å². The van der Waals surface area contributed by atoms with Crippen LogP contribution in [0, 0.1) is 0 Å². The van der Waals surface area contributed by atoms with Gasteiger partial charge >= 0.3 is 0 Å². The van der Waals surface area contributed by atoms with Crippen molar-refractivity contribution in [2.24, 2.45) is 0 Å². The van der Waals surface area contributed by atoms with Gasteiger partial charge in [-0.05, 0) is 40.6 Å². The Morgan fingerprint density at radius 3 is 2.14 bits per heavy atom. The van der Waals surface area contributed by atoms with Crippen LogP contribution in [0.4, 0.5) is 0 Å². The molecule has 2 aromatic heterocycles. The molecule has 0 bridgehead atoms. The number of nitrogens with one attached hydrogen (secondary N) is 2. The first-order valence-electron chi connectivity index (χ1n) is 9.04. The molecule has 7 heteroatoms. The number of amides is 1. The average Bonchev–Trinajstić information content (AvgIpc) is 3.40. The number of carbonyl (C=O) groups is 1. The zero-order valence-electron chi connectivity index (χ0n) is 16.1. The second kappa shape index (κ2) is 10.3. The van der Waals surface area contributed by atoms with Gasteiger partial charge in [-0.2, -0.15) is 0 Å². The Labute approximate surface area is 173 Å². The van der Waals surface area contributed by atoms with E-state index in [2.05, 4.69) is 40.3 Å². The first-order valence-corrected chi connectivity index (χ1v) is 10.8. The van der Waals surface area contributed by atoms with E-state index >= 15 is 0 Å². The highest BCUT2D eigenvalue weighted by atomic mass is 32.1. The van der Waals surface area contributed by atoms with E-state index in [1.165, 1.54) is 14.7 Å². The fourth-order valence-electron chi connectivity index (χ4n) is 2.99. The summed E-state index contributed by atoms with van der Waals surface area (Å²) in [5.41, 5.74) is 0.976. The van der Waals surface area contributed by atoms with E-state index in [0.29, 0.717) is 24.6 Å². The largest absolute Gasteiger partial charge is 0.493 e. The SMILES string of the molecule is COc1ccc(CNC(=O)C[NH+](Cc2cccs2)Cc2cccs2)cc1OC. The van der Waals surface area contributed by atoms with Crippen molar-refractivity contribution in [1.82, 2.24) is 5.32 Å². The van der Waals surface area contributed by atoms with Crippen molar-refractivity contribution in [3.63, 3.8) is 0 Å². The lowest BCUT2D eigenvalue weighted by Gasteiger charge is -2.18. The summed E-state index contributed by atoms with van der Waals surface area (Å²) >= 11 is 3.47. The molecule has 0 fully saturated rings. The van der Waals surface area contributed by atoms with E-state index in [1.54, 1.807) is 36.9 Å². The van der Waals surface area contributed by atoms with Gasteiger partial charge < -0.3 is 19.7 Å². The van der Waals surface area contributed by atoms with Gasteiger partial charge in [0.1, 0.15) is 13.1 Å². The Morgan fingerprint density at radius 2 is 1.61 bits per heavy atom. The molecular weight excluding hydrogens is 392 g/mol. The molecule has 3 rings (SSSR count). The molecule has 5 nitrogen and oxygen atoms in total. The number of methoxy groups -OCH3 is 2. The Balaban J connectivity index is 1.58. The molecule has 0 unspecified atom stereocenters. The lowest BCUT2D eigenvalue weighted by atomic mass is 10.2. The summed E-state index contributed by atoms with van der Waals surface area (Å²) in [5.74, 6) is 1.38. The van der Waals surface area contributed by atoms with Crippen molar-refractivity contribution < 1.29 is 19.2 Å². The smallest absolute Gasteiger partial charge is 0.275 e. The van der Waals surface area contributed by atoms with E-state index in [0.717, 1.165) is 18.7 Å². The zero-order valence-corrected chi connectivity index (χ0v) is 17.7. The molecule has 2 N–H and O–H groups in total. The first kappa shape index (κ1) is 20.4. The van der Waals surface area contributed by atoms with Gasteiger partial charge in [-0.15, -0.1) is 22.7 Å². The summed E-state index contributed by atoms with van der Waals surface area (Å²) in [5, 5.41) is 7.19. The third kappa shape index (κ3) is 5.82. The van der Waals surface area contributed by atoms with Gasteiger partial charge in [0.2, 0.25) is 0 Å². The maximum absolute atomic E-state index is 12.6. The lowest BCUT2D eigenvalue weighted by molar-refractivity contribution is -0.919. The molecule has 3 aromatic rings. The van der Waals surface area contributed by atoms with Crippen LogP contribution in [-0.2, 0) is 24.4 Å². The molecule has 1 aromatic carbocycles. The highest BCUT2D eigenvalue weighted by Gasteiger charge is 2.17. The fraction of sp³-hybridized carbons (Fsp3) is 0.286. The molecule has 0 saturated carbocycles. The zero-order chi connectivity index (χ0) is 19.8. The molecule has 0 saturated heterocycles. The van der Waals surface area contributed by atoms with Crippen LogP contribution in [0.25, 0.3) is 0 Å². The number of quaternary nitrogens is 1. The van der Waals surface area contributed by atoms with E-state index in [-0.39, 0.29) is 5.91 Å². The van der Waals surface area contributed by atoms with Gasteiger partial charge in [-0.25, -0.2) is 0 Å². The van der Waals surface area contributed by atoms with Crippen LogP contribution in [0.5, 0.6) is 11.5 Å². The summed E-state index contributed by atoms with van der Waals surface area (Å²) in [6, 6.07) is 14.0. The molecule has 0 radical (unpaired) electrons. The number of hydrogen-bond acceptors (Lipinski definition) is 5. The second-order valence-corrected chi connectivity index (χ2v) is 8.47. The van der Waals surface area contributed by atoms with Gasteiger partial charge in [0.05, 0.1) is 24.0 Å². The monoisotopic (exact) mass is 417 g/mol. The van der Waals surface area contributed by atoms with Crippen LogP contribution in [0.15, 0.2) is 53.2 Å². The molecule has 0 atom stereocenters. The number of thiophene rings is 2. The fourth-order valence-corrected chi connectivity index (χ4v) is 4.54. The van der Waals surface area contributed by atoms with Crippen LogP contribution in [-0.4, -0.2) is 26.7 Å². The van der Waals surface area contributed by atoms with Crippen molar-refractivity contribution in [3.8, 4) is 11.5 Å². The van der Waals surface area contributed by atoms with Crippen molar-refractivity contribution in [2.75, 3.05) is 20.8 Å². The maximum Gasteiger partial charge on any atom is 0.275 e. The second-order valence-electron chi connectivity index (χ2n) is 6.41. The van der Waals surface area contributed by atoms with E-state index < -0.39 is 0 Å². The average molecular weight is 418 g/mol. The normalized spacial score (nSPS) is 10.8. The van der Waals surface area contributed by atoms with Gasteiger partial charge in [0.25, 0.3) is 5.91 Å². The minimum atomic E-state index is 0.0397. The highest BCUT2D eigenvalue weighted by Crippen LogP contribution is 2.27. The quantitative estimate of drug-likeness (QED) is 0.533. The lowest BCUT2D eigenvalue weighted by Crippen LogP contribution is -3.10. The van der Waals surface area contributed by atoms with Crippen LogP contribution >= 0.6 is 22.7 Å². The Hall–Kier alpha value is -2.35. The van der Waals surface area contributed by atoms with Gasteiger partial charge in [-0.1, -0.05) is 18.2 Å². The number of rotatable bonds is 10. The molecule has 0 aliphatic carbocycles. The third-order valence-electron chi connectivity index (χ3n) is 4.36. The molecule has 0 aliphatic heterocycles. The number of ether oxygens (including phenoxy) is 2. The predicted molar refractivity (Wildman–Crippen MR) is 113 cm³/mol. The third-order valence-corrected chi connectivity index (χ3v) is 6.11. The minimum Gasteiger partial charge on any atom is -0.493 e. The number of hydrogen-bond donors (Lipinski definition) is 2. The van der Waals surface area contributed by atoms with Crippen molar-refractivity contribution in [1.29, 1.82) is 0 Å². The molecule has 28 heavy (non-hydrogen) atoms. The van der Waals surface area contributed by atoms with Crippen molar-refractivity contribution in [3.05, 3.63) is 68.5 Å². The van der Waals surface area contributed by atoms with E-state index in [9.17, 15) is 4.79 Å². The van der Waals surface area contributed by atoms with Crippen LogP contribution in [0.3, 0.4) is 0 Å². The Bertz CT molecular complexity index is 828. The summed E-state index contributed by atoms with van der Waals surface area (Å²) in [6.07, 6.45) is 0. The van der Waals surface area contributed by atoms with Gasteiger partial charge in [0, 0.05) is 6.54 Å². The molecule has 0 aliphatic rings. The molecule has 148 valence electrons.